The van der Waals surface area contributed by atoms with E-state index in [9.17, 15) is 23.1 Å². The zero-order valence-corrected chi connectivity index (χ0v) is 13.6. The van der Waals surface area contributed by atoms with Gasteiger partial charge in [0.1, 0.15) is 17.0 Å². The van der Waals surface area contributed by atoms with Crippen LogP contribution in [-0.4, -0.2) is 31.1 Å². The number of aromatic nitrogens is 3. The third-order valence-electron chi connectivity index (χ3n) is 3.55. The van der Waals surface area contributed by atoms with Crippen LogP contribution in [-0.2, 0) is 13.2 Å². The van der Waals surface area contributed by atoms with E-state index in [2.05, 4.69) is 10.3 Å². The number of hydrogen-bond donors (Lipinski definition) is 2. The third-order valence-corrected chi connectivity index (χ3v) is 3.88. The molecule has 0 fully saturated rings. The van der Waals surface area contributed by atoms with E-state index >= 15 is 0 Å². The van der Waals surface area contributed by atoms with Gasteiger partial charge in [-0.05, 0) is 18.2 Å². The Morgan fingerprint density at radius 2 is 2.00 bits per heavy atom. The fourth-order valence-corrected chi connectivity index (χ4v) is 2.63. The fraction of sp³-hybridized carbons (Fsp3) is 0.133. The smallest absolute Gasteiger partial charge is 0.423 e. The van der Waals surface area contributed by atoms with Crippen molar-refractivity contribution in [2.24, 2.45) is 7.05 Å². The fourth-order valence-electron chi connectivity index (χ4n) is 2.43. The molecule has 0 spiro atoms. The molecule has 0 aliphatic heterocycles. The molecule has 1 aromatic carbocycles. The van der Waals surface area contributed by atoms with Crippen LogP contribution in [0.1, 0.15) is 15.9 Å². The molecule has 2 N–H and O–H groups in total. The van der Waals surface area contributed by atoms with Gasteiger partial charge in [-0.3, -0.25) is 4.68 Å². The first-order valence-electron chi connectivity index (χ1n) is 6.93. The number of nitrogens with zero attached hydrogens (tertiary/aromatic N) is 3. The Balaban J connectivity index is 2.11. The second-order valence-corrected chi connectivity index (χ2v) is 5.65. The maximum Gasteiger partial charge on any atom is 0.423 e. The Morgan fingerprint density at radius 3 is 2.62 bits per heavy atom. The monoisotopic (exact) mass is 387 g/mol. The highest BCUT2D eigenvalue weighted by Crippen LogP contribution is 2.42. The van der Waals surface area contributed by atoms with Gasteiger partial charge >= 0.3 is 12.1 Å². The SMILES string of the molecule is Cn1nc(O)c(C(F)(F)F)c1-c1cc(-c2ccc(Cl)c(C(=O)O)c2)on1. The van der Waals surface area contributed by atoms with Crippen LogP contribution in [0.4, 0.5) is 13.2 Å². The lowest BCUT2D eigenvalue weighted by Crippen LogP contribution is -2.07. The van der Waals surface area contributed by atoms with Crippen molar-refractivity contribution in [3.63, 3.8) is 0 Å². The highest BCUT2D eigenvalue weighted by molar-refractivity contribution is 6.33. The third kappa shape index (κ3) is 2.99. The number of alkyl halides is 3. The summed E-state index contributed by atoms with van der Waals surface area (Å²) in [5, 5.41) is 25.5. The molecule has 3 rings (SSSR count). The lowest BCUT2D eigenvalue weighted by atomic mass is 10.1. The number of hydrogen-bond acceptors (Lipinski definition) is 5. The van der Waals surface area contributed by atoms with Crippen LogP contribution in [0.3, 0.4) is 0 Å². The predicted octanol–water partition coefficient (Wildman–Crippen LogP) is 3.82. The molecule has 136 valence electrons. The van der Waals surface area contributed by atoms with Crippen LogP contribution >= 0.6 is 11.6 Å². The van der Waals surface area contributed by atoms with E-state index in [1.165, 1.54) is 31.3 Å². The predicted molar refractivity (Wildman–Crippen MR) is 82.8 cm³/mol. The van der Waals surface area contributed by atoms with E-state index < -0.39 is 29.3 Å². The number of benzene rings is 1. The minimum absolute atomic E-state index is 0.00287. The Hall–Kier alpha value is -3.01. The molecule has 0 atom stereocenters. The molecule has 0 saturated heterocycles. The summed E-state index contributed by atoms with van der Waals surface area (Å²) < 4.78 is 45.4. The largest absolute Gasteiger partial charge is 0.492 e. The average Bonchev–Trinajstić information content (AvgIpc) is 3.10. The van der Waals surface area contributed by atoms with Crippen molar-refractivity contribution >= 4 is 17.6 Å². The molecule has 7 nitrogen and oxygen atoms in total. The Labute approximate surface area is 148 Å². The van der Waals surface area contributed by atoms with E-state index in [4.69, 9.17) is 21.2 Å². The van der Waals surface area contributed by atoms with Gasteiger partial charge in [0.25, 0.3) is 0 Å². The maximum absolute atomic E-state index is 13.2. The summed E-state index contributed by atoms with van der Waals surface area (Å²) in [6.45, 7) is 0. The van der Waals surface area contributed by atoms with Gasteiger partial charge in [0.05, 0.1) is 10.6 Å². The van der Waals surface area contributed by atoms with Crippen LogP contribution in [0.15, 0.2) is 28.8 Å². The first kappa shape index (κ1) is 17.8. The molecule has 2 heterocycles. The number of carboxylic acids is 1. The second-order valence-electron chi connectivity index (χ2n) is 5.24. The normalized spacial score (nSPS) is 11.7. The molecule has 0 saturated carbocycles. The number of aryl methyl sites for hydroxylation is 1. The Morgan fingerprint density at radius 1 is 1.31 bits per heavy atom. The molecule has 11 heteroatoms. The highest BCUT2D eigenvalue weighted by Gasteiger charge is 2.41. The molecule has 26 heavy (non-hydrogen) atoms. The lowest BCUT2D eigenvalue weighted by molar-refractivity contribution is -0.138. The quantitative estimate of drug-likeness (QED) is 0.708. The molecule has 0 aliphatic rings. The summed E-state index contributed by atoms with van der Waals surface area (Å²) in [4.78, 5) is 11.1. The first-order chi connectivity index (χ1) is 12.1. The van der Waals surface area contributed by atoms with Gasteiger partial charge in [-0.15, -0.1) is 5.10 Å². The van der Waals surface area contributed by atoms with Crippen molar-refractivity contribution in [2.45, 2.75) is 6.18 Å². The van der Waals surface area contributed by atoms with E-state index in [1.54, 1.807) is 0 Å². The zero-order chi connectivity index (χ0) is 19.2. The minimum atomic E-state index is -4.86. The van der Waals surface area contributed by atoms with Crippen LogP contribution in [0.25, 0.3) is 22.7 Å². The molecule has 3 aromatic rings. The van der Waals surface area contributed by atoms with Crippen LogP contribution in [0.5, 0.6) is 5.88 Å². The van der Waals surface area contributed by atoms with E-state index in [1.807, 2.05) is 0 Å². The lowest BCUT2D eigenvalue weighted by Gasteiger charge is -2.06. The summed E-state index contributed by atoms with van der Waals surface area (Å²) in [5.41, 5.74) is -2.00. The topological polar surface area (TPSA) is 101 Å². The van der Waals surface area contributed by atoms with Crippen LogP contribution in [0, 0.1) is 0 Å². The molecule has 0 unspecified atom stereocenters. The highest BCUT2D eigenvalue weighted by atomic mass is 35.5. The molecule has 0 bridgehead atoms. The van der Waals surface area contributed by atoms with Crippen molar-refractivity contribution in [3.05, 3.63) is 40.4 Å². The van der Waals surface area contributed by atoms with E-state index in [0.717, 1.165) is 4.68 Å². The van der Waals surface area contributed by atoms with Crippen molar-refractivity contribution in [3.8, 4) is 28.6 Å². The number of halogens is 4. The summed E-state index contributed by atoms with van der Waals surface area (Å²) in [6, 6.07) is 5.14. The van der Waals surface area contributed by atoms with Crippen molar-refractivity contribution in [2.75, 3.05) is 0 Å². The van der Waals surface area contributed by atoms with Crippen molar-refractivity contribution < 1.29 is 32.7 Å². The van der Waals surface area contributed by atoms with Crippen LogP contribution in [0.2, 0.25) is 5.02 Å². The van der Waals surface area contributed by atoms with E-state index in [0.29, 0.717) is 0 Å². The number of aromatic carboxylic acids is 1. The molecule has 0 radical (unpaired) electrons. The molecule has 0 amide bonds. The summed E-state index contributed by atoms with van der Waals surface area (Å²) in [5.74, 6) is -2.43. The number of aromatic hydroxyl groups is 1. The standard InChI is InChI=1S/C15H9ClF3N3O4/c1-22-12(11(13(23)20-22)15(17,18)19)9-5-10(26-21-9)6-2-3-8(16)7(4-6)14(24)25/h2-5H,1H3,(H,20,23)(H,24,25). The van der Waals surface area contributed by atoms with Gasteiger partial charge in [0, 0.05) is 18.7 Å². The molecule has 0 aliphatic carbocycles. The summed E-state index contributed by atoms with van der Waals surface area (Å²) in [7, 11) is 1.21. The molecular formula is C15H9ClF3N3O4. The summed E-state index contributed by atoms with van der Waals surface area (Å²) >= 11 is 5.78. The Kier molecular flexibility index (Phi) is 4.15. The van der Waals surface area contributed by atoms with Gasteiger partial charge in [0.2, 0.25) is 5.88 Å². The van der Waals surface area contributed by atoms with Gasteiger partial charge in [-0.25, -0.2) is 4.79 Å². The maximum atomic E-state index is 13.2. The average molecular weight is 388 g/mol. The van der Waals surface area contributed by atoms with Gasteiger partial charge in [-0.1, -0.05) is 16.8 Å². The van der Waals surface area contributed by atoms with Gasteiger partial charge < -0.3 is 14.7 Å². The minimum Gasteiger partial charge on any atom is -0.492 e. The second kappa shape index (κ2) is 6.06. The molecule has 2 aromatic heterocycles. The first-order valence-corrected chi connectivity index (χ1v) is 7.31. The van der Waals surface area contributed by atoms with E-state index in [-0.39, 0.29) is 27.6 Å². The summed E-state index contributed by atoms with van der Waals surface area (Å²) in [6.07, 6.45) is -4.86. The van der Waals surface area contributed by atoms with Crippen molar-refractivity contribution in [1.29, 1.82) is 0 Å². The molecular weight excluding hydrogens is 379 g/mol. The zero-order valence-electron chi connectivity index (χ0n) is 12.9. The van der Waals surface area contributed by atoms with Gasteiger partial charge in [-0.2, -0.15) is 13.2 Å². The number of carbonyl (C=O) groups is 1. The Bertz CT molecular complexity index is 1010. The number of carboxylic acid groups (broad SMARTS) is 1. The van der Waals surface area contributed by atoms with Crippen molar-refractivity contribution in [1.82, 2.24) is 14.9 Å². The van der Waals surface area contributed by atoms with Gasteiger partial charge in [0.15, 0.2) is 5.76 Å². The number of rotatable bonds is 3. The van der Waals surface area contributed by atoms with Crippen LogP contribution < -0.4 is 0 Å².